The summed E-state index contributed by atoms with van der Waals surface area (Å²) in [4.78, 5) is 18.6. The molecule has 0 aromatic carbocycles. The third-order valence-electron chi connectivity index (χ3n) is 2.39. The SMILES string of the molecule is CC(N)Cc1nc(-c2ccnn2C)cc(=O)[nH]1. The van der Waals surface area contributed by atoms with E-state index in [1.165, 1.54) is 6.07 Å². The van der Waals surface area contributed by atoms with Crippen LogP contribution in [0.5, 0.6) is 0 Å². The highest BCUT2D eigenvalue weighted by atomic mass is 16.1. The van der Waals surface area contributed by atoms with E-state index in [9.17, 15) is 4.79 Å². The van der Waals surface area contributed by atoms with Crippen molar-refractivity contribution in [2.24, 2.45) is 12.8 Å². The number of aromatic amines is 1. The molecule has 6 heteroatoms. The lowest BCUT2D eigenvalue weighted by Crippen LogP contribution is -2.22. The van der Waals surface area contributed by atoms with Crippen molar-refractivity contribution in [3.63, 3.8) is 0 Å². The van der Waals surface area contributed by atoms with Gasteiger partial charge < -0.3 is 10.7 Å². The maximum Gasteiger partial charge on any atom is 0.251 e. The monoisotopic (exact) mass is 233 g/mol. The molecule has 0 bridgehead atoms. The first kappa shape index (κ1) is 11.5. The molecule has 3 N–H and O–H groups in total. The molecule has 2 rings (SSSR count). The minimum Gasteiger partial charge on any atom is -0.328 e. The zero-order valence-electron chi connectivity index (χ0n) is 9.84. The molecule has 0 amide bonds. The van der Waals surface area contributed by atoms with E-state index in [1.54, 1.807) is 10.9 Å². The molecule has 0 radical (unpaired) electrons. The van der Waals surface area contributed by atoms with Crippen molar-refractivity contribution in [1.29, 1.82) is 0 Å². The highest BCUT2D eigenvalue weighted by molar-refractivity contribution is 5.53. The van der Waals surface area contributed by atoms with E-state index in [-0.39, 0.29) is 11.6 Å². The number of rotatable bonds is 3. The van der Waals surface area contributed by atoms with Gasteiger partial charge in [-0.2, -0.15) is 5.10 Å². The lowest BCUT2D eigenvalue weighted by atomic mass is 10.2. The first-order chi connectivity index (χ1) is 8.06. The number of aromatic nitrogens is 4. The molecule has 0 spiro atoms. The normalized spacial score (nSPS) is 12.6. The molecule has 6 nitrogen and oxygen atoms in total. The summed E-state index contributed by atoms with van der Waals surface area (Å²) in [6, 6.07) is 3.24. The van der Waals surface area contributed by atoms with E-state index >= 15 is 0 Å². The zero-order valence-corrected chi connectivity index (χ0v) is 9.84. The van der Waals surface area contributed by atoms with Crippen LogP contribution in [-0.2, 0) is 13.5 Å². The number of nitrogens with one attached hydrogen (secondary N) is 1. The Balaban J connectivity index is 2.45. The molecule has 1 atom stereocenters. The summed E-state index contributed by atoms with van der Waals surface area (Å²) in [6.07, 6.45) is 2.21. The van der Waals surface area contributed by atoms with Crippen molar-refractivity contribution in [3.05, 3.63) is 34.5 Å². The Bertz CT molecular complexity index is 569. The van der Waals surface area contributed by atoms with Crippen LogP contribution >= 0.6 is 0 Å². The fraction of sp³-hybridized carbons (Fsp3) is 0.364. The molecular weight excluding hydrogens is 218 g/mol. The number of H-pyrrole nitrogens is 1. The van der Waals surface area contributed by atoms with Crippen molar-refractivity contribution in [1.82, 2.24) is 19.7 Å². The van der Waals surface area contributed by atoms with Gasteiger partial charge in [0.25, 0.3) is 5.56 Å². The summed E-state index contributed by atoms with van der Waals surface area (Å²) in [6.45, 7) is 1.87. The molecule has 90 valence electrons. The molecule has 17 heavy (non-hydrogen) atoms. The Hall–Kier alpha value is -1.95. The van der Waals surface area contributed by atoms with Crippen LogP contribution in [0.2, 0.25) is 0 Å². The van der Waals surface area contributed by atoms with Crippen LogP contribution in [0.1, 0.15) is 12.7 Å². The van der Waals surface area contributed by atoms with Crippen molar-refractivity contribution in [2.75, 3.05) is 0 Å². The van der Waals surface area contributed by atoms with Crippen LogP contribution in [0.25, 0.3) is 11.4 Å². The van der Waals surface area contributed by atoms with Crippen LogP contribution < -0.4 is 11.3 Å². The Morgan fingerprint density at radius 2 is 2.35 bits per heavy atom. The van der Waals surface area contributed by atoms with Gasteiger partial charge in [-0.05, 0) is 13.0 Å². The van der Waals surface area contributed by atoms with E-state index in [0.717, 1.165) is 5.69 Å². The molecular formula is C11H15N5O. The highest BCUT2D eigenvalue weighted by Gasteiger charge is 2.08. The maximum absolute atomic E-state index is 11.5. The van der Waals surface area contributed by atoms with E-state index in [4.69, 9.17) is 5.73 Å². The van der Waals surface area contributed by atoms with Crippen molar-refractivity contribution in [3.8, 4) is 11.4 Å². The molecule has 2 aromatic heterocycles. The first-order valence-electron chi connectivity index (χ1n) is 5.40. The Morgan fingerprint density at radius 1 is 1.59 bits per heavy atom. The minimum absolute atomic E-state index is 0.0417. The van der Waals surface area contributed by atoms with Crippen molar-refractivity contribution >= 4 is 0 Å². The molecule has 2 heterocycles. The Labute approximate surface area is 98.5 Å². The lowest BCUT2D eigenvalue weighted by Gasteiger charge is -2.06. The van der Waals surface area contributed by atoms with Gasteiger partial charge in [0.1, 0.15) is 5.82 Å². The van der Waals surface area contributed by atoms with Crippen molar-refractivity contribution < 1.29 is 0 Å². The topological polar surface area (TPSA) is 89.6 Å². The third kappa shape index (κ3) is 2.59. The van der Waals surface area contributed by atoms with E-state index in [0.29, 0.717) is 17.9 Å². The minimum atomic E-state index is -0.174. The average molecular weight is 233 g/mol. The summed E-state index contributed by atoms with van der Waals surface area (Å²) >= 11 is 0. The quantitative estimate of drug-likeness (QED) is 0.784. The van der Waals surface area contributed by atoms with Crippen LogP contribution in [-0.4, -0.2) is 25.8 Å². The molecule has 1 unspecified atom stereocenters. The number of nitrogens with zero attached hydrogens (tertiary/aromatic N) is 3. The summed E-state index contributed by atoms with van der Waals surface area (Å²) in [5.74, 6) is 0.601. The van der Waals surface area contributed by atoms with Gasteiger partial charge in [0.2, 0.25) is 0 Å². The molecule has 0 fully saturated rings. The number of nitrogens with two attached hydrogens (primary N) is 1. The van der Waals surface area contributed by atoms with E-state index in [2.05, 4.69) is 15.1 Å². The predicted molar refractivity (Wildman–Crippen MR) is 64.4 cm³/mol. The molecule has 0 aliphatic rings. The van der Waals surface area contributed by atoms with Gasteiger partial charge in [-0.3, -0.25) is 9.48 Å². The van der Waals surface area contributed by atoms with Gasteiger partial charge in [-0.1, -0.05) is 0 Å². The number of hydrogen-bond acceptors (Lipinski definition) is 4. The van der Waals surface area contributed by atoms with Gasteiger partial charge in [-0.25, -0.2) is 4.98 Å². The lowest BCUT2D eigenvalue weighted by molar-refractivity contribution is 0.697. The Kier molecular flexibility index (Phi) is 3.06. The maximum atomic E-state index is 11.5. The first-order valence-corrected chi connectivity index (χ1v) is 5.40. The number of aryl methyl sites for hydroxylation is 1. The van der Waals surface area contributed by atoms with E-state index in [1.807, 2.05) is 20.0 Å². The van der Waals surface area contributed by atoms with Crippen LogP contribution in [0.15, 0.2) is 23.1 Å². The predicted octanol–water partition coefficient (Wildman–Crippen LogP) is 0.0601. The zero-order chi connectivity index (χ0) is 12.4. The Morgan fingerprint density at radius 3 is 2.94 bits per heavy atom. The fourth-order valence-electron chi connectivity index (χ4n) is 1.67. The van der Waals surface area contributed by atoms with Gasteiger partial charge >= 0.3 is 0 Å². The van der Waals surface area contributed by atoms with E-state index < -0.39 is 0 Å². The summed E-state index contributed by atoms with van der Waals surface area (Å²) in [5.41, 5.74) is 6.94. The van der Waals surface area contributed by atoms with Crippen LogP contribution in [0.4, 0.5) is 0 Å². The van der Waals surface area contributed by atoms with Gasteiger partial charge in [0.05, 0.1) is 11.4 Å². The molecule has 0 aliphatic heterocycles. The third-order valence-corrected chi connectivity index (χ3v) is 2.39. The summed E-state index contributed by atoms with van der Waals surface area (Å²) in [5, 5.41) is 4.05. The summed E-state index contributed by atoms with van der Waals surface area (Å²) < 4.78 is 1.68. The second-order valence-corrected chi connectivity index (χ2v) is 4.10. The standard InChI is InChI=1S/C11H15N5O/c1-7(12)5-10-14-8(6-11(17)15-10)9-3-4-13-16(9)2/h3-4,6-7H,5,12H2,1-2H3,(H,14,15,17). The highest BCUT2D eigenvalue weighted by Crippen LogP contribution is 2.13. The second kappa shape index (κ2) is 4.50. The second-order valence-electron chi connectivity index (χ2n) is 4.10. The molecule has 0 saturated carbocycles. The largest absolute Gasteiger partial charge is 0.328 e. The fourth-order valence-corrected chi connectivity index (χ4v) is 1.67. The van der Waals surface area contributed by atoms with Crippen LogP contribution in [0.3, 0.4) is 0 Å². The smallest absolute Gasteiger partial charge is 0.251 e. The molecule has 2 aromatic rings. The number of hydrogen-bond donors (Lipinski definition) is 2. The summed E-state index contributed by atoms with van der Waals surface area (Å²) in [7, 11) is 1.81. The van der Waals surface area contributed by atoms with Crippen molar-refractivity contribution in [2.45, 2.75) is 19.4 Å². The average Bonchev–Trinajstić information content (AvgIpc) is 2.62. The van der Waals surface area contributed by atoms with Gasteiger partial charge in [0, 0.05) is 31.8 Å². The van der Waals surface area contributed by atoms with Gasteiger partial charge in [-0.15, -0.1) is 0 Å². The molecule has 0 aliphatic carbocycles. The van der Waals surface area contributed by atoms with Crippen LogP contribution in [0, 0.1) is 0 Å². The molecule has 0 saturated heterocycles. The van der Waals surface area contributed by atoms with Gasteiger partial charge in [0.15, 0.2) is 0 Å².